The summed E-state index contributed by atoms with van der Waals surface area (Å²) in [5, 5.41) is 2.93. The summed E-state index contributed by atoms with van der Waals surface area (Å²) in [7, 11) is 0. The summed E-state index contributed by atoms with van der Waals surface area (Å²) in [6, 6.07) is 9.02. The summed E-state index contributed by atoms with van der Waals surface area (Å²) >= 11 is 0. The van der Waals surface area contributed by atoms with Crippen molar-refractivity contribution in [2.24, 2.45) is 11.8 Å². The Morgan fingerprint density at radius 3 is 2.90 bits per heavy atom. The molecule has 1 aromatic carbocycles. The molecular weight excluding hydrogens is 386 g/mol. The van der Waals surface area contributed by atoms with Crippen LogP contribution in [0.25, 0.3) is 0 Å². The number of carbonyl (C=O) groups is 2. The van der Waals surface area contributed by atoms with Crippen molar-refractivity contribution in [3.63, 3.8) is 0 Å². The fraction of sp³-hybridized carbons (Fsp3) is 0.318. The maximum Gasteiger partial charge on any atom is 0.231 e. The van der Waals surface area contributed by atoms with E-state index in [0.29, 0.717) is 30.3 Å². The lowest BCUT2D eigenvalue weighted by atomic mass is 9.77. The van der Waals surface area contributed by atoms with Crippen LogP contribution in [0.3, 0.4) is 0 Å². The molecule has 6 rings (SSSR count). The molecule has 0 radical (unpaired) electrons. The van der Waals surface area contributed by atoms with E-state index in [2.05, 4.69) is 10.3 Å². The second-order valence-electron chi connectivity index (χ2n) is 8.01. The molecule has 1 aromatic heterocycles. The molecule has 8 heteroatoms. The number of rotatable bonds is 4. The predicted octanol–water partition coefficient (Wildman–Crippen LogP) is 1.73. The van der Waals surface area contributed by atoms with E-state index in [0.717, 1.165) is 5.56 Å². The number of carbonyl (C=O) groups excluding carboxylic acids is 2. The molecule has 1 N–H and O–H groups in total. The lowest BCUT2D eigenvalue weighted by molar-refractivity contribution is -0.136. The van der Waals surface area contributed by atoms with Gasteiger partial charge in [0.1, 0.15) is 5.60 Å². The molecule has 2 bridgehead atoms. The summed E-state index contributed by atoms with van der Waals surface area (Å²) in [6.07, 6.45) is 6.88. The maximum atomic E-state index is 13.3. The Bertz CT molecular complexity index is 1070. The lowest BCUT2D eigenvalue weighted by Gasteiger charge is -2.23. The van der Waals surface area contributed by atoms with Gasteiger partial charge in [-0.1, -0.05) is 12.2 Å². The highest BCUT2D eigenvalue weighted by atomic mass is 16.7. The summed E-state index contributed by atoms with van der Waals surface area (Å²) < 4.78 is 16.9. The maximum absolute atomic E-state index is 13.3. The van der Waals surface area contributed by atoms with Crippen LogP contribution < -0.4 is 14.8 Å². The first kappa shape index (κ1) is 17.5. The quantitative estimate of drug-likeness (QED) is 0.780. The van der Waals surface area contributed by atoms with Crippen molar-refractivity contribution >= 4 is 17.5 Å². The lowest BCUT2D eigenvalue weighted by Crippen LogP contribution is -2.41. The average molecular weight is 405 g/mol. The van der Waals surface area contributed by atoms with Crippen molar-refractivity contribution in [1.82, 2.24) is 9.88 Å². The highest BCUT2D eigenvalue weighted by Gasteiger charge is 2.66. The van der Waals surface area contributed by atoms with Gasteiger partial charge in [0.15, 0.2) is 11.5 Å². The summed E-state index contributed by atoms with van der Waals surface area (Å²) in [5.41, 5.74) is 0.866. The molecule has 8 nitrogen and oxygen atoms in total. The molecule has 4 aliphatic rings. The molecule has 30 heavy (non-hydrogen) atoms. The molecule has 2 fully saturated rings. The highest BCUT2D eigenvalue weighted by molar-refractivity contribution is 5.99. The molecule has 0 aliphatic carbocycles. The van der Waals surface area contributed by atoms with Crippen molar-refractivity contribution < 1.29 is 23.8 Å². The molecule has 4 aliphatic heterocycles. The Labute approximate surface area is 172 Å². The van der Waals surface area contributed by atoms with E-state index in [1.165, 1.54) is 0 Å². The number of fused-ring (bicyclic) bond motifs is 2. The van der Waals surface area contributed by atoms with E-state index in [1.807, 2.05) is 24.3 Å². The molecule has 2 amide bonds. The molecule has 2 saturated heterocycles. The molecule has 2 aromatic rings. The highest BCUT2D eigenvalue weighted by Crippen LogP contribution is 2.52. The molecule has 1 spiro atoms. The fourth-order valence-corrected chi connectivity index (χ4v) is 4.92. The SMILES string of the molecule is O=C(Nc1ccc2c(c1)OCO2)C1C2C(=O)N(Cc3ccncc3)CC23C=C[C@@H]1O3. The zero-order chi connectivity index (χ0) is 20.3. The number of hydrogen-bond acceptors (Lipinski definition) is 6. The van der Waals surface area contributed by atoms with Gasteiger partial charge in [-0.3, -0.25) is 14.6 Å². The summed E-state index contributed by atoms with van der Waals surface area (Å²) in [4.78, 5) is 32.2. The number of nitrogens with one attached hydrogen (secondary N) is 1. The van der Waals surface area contributed by atoms with Gasteiger partial charge in [0, 0.05) is 30.7 Å². The molecular formula is C22H19N3O5. The van der Waals surface area contributed by atoms with Crippen LogP contribution in [0.15, 0.2) is 54.9 Å². The summed E-state index contributed by atoms with van der Waals surface area (Å²) in [6.45, 7) is 1.08. The van der Waals surface area contributed by atoms with E-state index in [4.69, 9.17) is 14.2 Å². The zero-order valence-corrected chi connectivity index (χ0v) is 16.0. The molecule has 4 atom stereocenters. The van der Waals surface area contributed by atoms with Crippen LogP contribution in [0.5, 0.6) is 11.5 Å². The number of likely N-dealkylation sites (tertiary alicyclic amines) is 1. The third-order valence-electron chi connectivity index (χ3n) is 6.24. The Balaban J connectivity index is 1.24. The molecule has 152 valence electrons. The monoisotopic (exact) mass is 405 g/mol. The fourth-order valence-electron chi connectivity index (χ4n) is 4.92. The second kappa shape index (κ2) is 6.30. The molecule has 3 unspecified atom stereocenters. The summed E-state index contributed by atoms with van der Waals surface area (Å²) in [5.74, 6) is -0.137. The second-order valence-corrected chi connectivity index (χ2v) is 8.01. The molecule has 5 heterocycles. The van der Waals surface area contributed by atoms with Gasteiger partial charge < -0.3 is 24.4 Å². The van der Waals surface area contributed by atoms with Gasteiger partial charge in [-0.05, 0) is 29.8 Å². The Morgan fingerprint density at radius 2 is 2.03 bits per heavy atom. The predicted molar refractivity (Wildman–Crippen MR) is 105 cm³/mol. The van der Waals surface area contributed by atoms with Crippen molar-refractivity contribution in [1.29, 1.82) is 0 Å². The van der Waals surface area contributed by atoms with Gasteiger partial charge in [-0.15, -0.1) is 0 Å². The number of amides is 2. The topological polar surface area (TPSA) is 90.0 Å². The van der Waals surface area contributed by atoms with E-state index in [1.54, 1.807) is 35.5 Å². The number of benzene rings is 1. The first-order valence-electron chi connectivity index (χ1n) is 9.88. The van der Waals surface area contributed by atoms with Crippen molar-refractivity contribution in [3.05, 3.63) is 60.4 Å². The van der Waals surface area contributed by atoms with E-state index >= 15 is 0 Å². The number of pyridine rings is 1. The Morgan fingerprint density at radius 1 is 1.20 bits per heavy atom. The van der Waals surface area contributed by atoms with Crippen molar-refractivity contribution in [2.75, 3.05) is 18.7 Å². The van der Waals surface area contributed by atoms with Crippen LogP contribution in [0, 0.1) is 11.8 Å². The zero-order valence-electron chi connectivity index (χ0n) is 16.0. The third-order valence-corrected chi connectivity index (χ3v) is 6.24. The smallest absolute Gasteiger partial charge is 0.231 e. The number of anilines is 1. The van der Waals surface area contributed by atoms with Crippen LogP contribution >= 0.6 is 0 Å². The first-order valence-corrected chi connectivity index (χ1v) is 9.88. The Kier molecular flexibility index (Phi) is 3.67. The minimum absolute atomic E-state index is 0.0514. The van der Waals surface area contributed by atoms with Gasteiger partial charge in [-0.25, -0.2) is 0 Å². The minimum Gasteiger partial charge on any atom is -0.454 e. The largest absolute Gasteiger partial charge is 0.454 e. The number of ether oxygens (including phenoxy) is 3. The number of aromatic nitrogens is 1. The van der Waals surface area contributed by atoms with E-state index in [9.17, 15) is 9.59 Å². The van der Waals surface area contributed by atoms with Gasteiger partial charge in [-0.2, -0.15) is 0 Å². The van der Waals surface area contributed by atoms with Gasteiger partial charge in [0.05, 0.1) is 24.5 Å². The normalized spacial score (nSPS) is 30.1. The van der Waals surface area contributed by atoms with Gasteiger partial charge >= 0.3 is 0 Å². The molecule has 0 saturated carbocycles. The standard InChI is InChI=1S/C22H19N3O5/c26-20(24-14-1-2-15-17(9-14)29-12-28-15)18-16-3-6-22(30-16)11-25(21(27)19(18)22)10-13-4-7-23-8-5-13/h1-9,16,18-19H,10-12H2,(H,24,26)/t16-,18?,19?,22?/m0/s1. The third kappa shape index (κ3) is 2.53. The van der Waals surface area contributed by atoms with Crippen LogP contribution in [-0.4, -0.2) is 46.7 Å². The van der Waals surface area contributed by atoms with Crippen molar-refractivity contribution in [2.45, 2.75) is 18.2 Å². The van der Waals surface area contributed by atoms with Crippen LogP contribution in [0.4, 0.5) is 5.69 Å². The first-order chi connectivity index (χ1) is 14.6. The van der Waals surface area contributed by atoms with E-state index in [-0.39, 0.29) is 18.6 Å². The number of nitrogens with zero attached hydrogens (tertiary/aromatic N) is 2. The number of hydrogen-bond donors (Lipinski definition) is 1. The van der Waals surface area contributed by atoms with Crippen molar-refractivity contribution in [3.8, 4) is 11.5 Å². The minimum atomic E-state index is -0.730. The van der Waals surface area contributed by atoms with Crippen LogP contribution in [0.2, 0.25) is 0 Å². The van der Waals surface area contributed by atoms with Crippen LogP contribution in [-0.2, 0) is 20.9 Å². The van der Waals surface area contributed by atoms with Crippen LogP contribution in [0.1, 0.15) is 5.56 Å². The van der Waals surface area contributed by atoms with E-state index < -0.39 is 23.5 Å². The van der Waals surface area contributed by atoms with Gasteiger partial charge in [0.2, 0.25) is 18.6 Å². The Hall–Kier alpha value is -3.39. The average Bonchev–Trinajstić information content (AvgIpc) is 3.50. The van der Waals surface area contributed by atoms with Gasteiger partial charge in [0.25, 0.3) is 0 Å².